The molecule has 0 spiro atoms. The van der Waals surface area contributed by atoms with Crippen LogP contribution in [0.3, 0.4) is 0 Å². The zero-order valence-electron chi connectivity index (χ0n) is 11.6. The van der Waals surface area contributed by atoms with Gasteiger partial charge in [-0.3, -0.25) is 5.32 Å². The van der Waals surface area contributed by atoms with Gasteiger partial charge in [0.15, 0.2) is 0 Å². The number of halogens is 1. The predicted octanol–water partition coefficient (Wildman–Crippen LogP) is 4.25. The van der Waals surface area contributed by atoms with E-state index in [1.165, 1.54) is 5.56 Å². The van der Waals surface area contributed by atoms with E-state index in [1.54, 1.807) is 0 Å². The van der Waals surface area contributed by atoms with Crippen molar-refractivity contribution >= 4 is 23.4 Å². The second kappa shape index (κ2) is 8.47. The Hall–Kier alpha value is -0.690. The van der Waals surface area contributed by atoms with Crippen molar-refractivity contribution in [1.29, 1.82) is 5.26 Å². The van der Waals surface area contributed by atoms with Gasteiger partial charge in [0, 0.05) is 10.8 Å². The minimum absolute atomic E-state index is 0.400. The third-order valence-electron chi connectivity index (χ3n) is 2.94. The first-order chi connectivity index (χ1) is 9.09. The van der Waals surface area contributed by atoms with Gasteiger partial charge in [0.2, 0.25) is 0 Å². The molecule has 104 valence electrons. The molecular weight excluding hydrogens is 276 g/mol. The third kappa shape index (κ3) is 6.33. The average Bonchev–Trinajstić information content (AvgIpc) is 2.43. The molecule has 0 amide bonds. The summed E-state index contributed by atoms with van der Waals surface area (Å²) in [5.74, 6) is 1.94. The summed E-state index contributed by atoms with van der Waals surface area (Å²) in [6.45, 7) is 4.98. The summed E-state index contributed by atoms with van der Waals surface area (Å²) < 4.78 is 0. The first kappa shape index (κ1) is 16.4. The lowest BCUT2D eigenvalue weighted by Crippen LogP contribution is -2.41. The van der Waals surface area contributed by atoms with Gasteiger partial charge in [-0.2, -0.15) is 17.0 Å². The topological polar surface area (TPSA) is 35.8 Å². The Bertz CT molecular complexity index is 413. The van der Waals surface area contributed by atoms with E-state index in [0.29, 0.717) is 0 Å². The molecule has 0 fully saturated rings. The molecule has 0 saturated carbocycles. The van der Waals surface area contributed by atoms with Crippen LogP contribution in [-0.4, -0.2) is 17.8 Å². The second-order valence-electron chi connectivity index (χ2n) is 4.80. The molecule has 19 heavy (non-hydrogen) atoms. The van der Waals surface area contributed by atoms with Crippen LogP contribution >= 0.6 is 23.4 Å². The van der Waals surface area contributed by atoms with Gasteiger partial charge in [0.05, 0.1) is 6.07 Å². The van der Waals surface area contributed by atoms with Crippen LogP contribution in [0.2, 0.25) is 5.02 Å². The maximum atomic E-state index is 9.22. The van der Waals surface area contributed by atoms with Crippen LogP contribution in [0, 0.1) is 11.3 Å². The van der Waals surface area contributed by atoms with Gasteiger partial charge in [0.25, 0.3) is 0 Å². The van der Waals surface area contributed by atoms with Crippen LogP contribution in [0.5, 0.6) is 0 Å². The Morgan fingerprint density at radius 1 is 1.37 bits per heavy atom. The van der Waals surface area contributed by atoms with Crippen molar-refractivity contribution < 1.29 is 0 Å². The highest BCUT2D eigenvalue weighted by Gasteiger charge is 2.21. The maximum absolute atomic E-state index is 9.22. The average molecular weight is 297 g/mol. The van der Waals surface area contributed by atoms with Crippen molar-refractivity contribution in [3.8, 4) is 6.07 Å². The maximum Gasteiger partial charge on any atom is 0.104 e. The van der Waals surface area contributed by atoms with Gasteiger partial charge in [-0.15, -0.1) is 0 Å². The van der Waals surface area contributed by atoms with Gasteiger partial charge in [-0.25, -0.2) is 0 Å². The zero-order valence-corrected chi connectivity index (χ0v) is 13.2. The lowest BCUT2D eigenvalue weighted by atomic mass is 10.0. The molecule has 0 aliphatic rings. The van der Waals surface area contributed by atoms with Crippen LogP contribution in [0.15, 0.2) is 24.3 Å². The third-order valence-corrected chi connectivity index (χ3v) is 4.22. The number of hydrogen-bond acceptors (Lipinski definition) is 3. The first-order valence-electron chi connectivity index (χ1n) is 6.58. The quantitative estimate of drug-likeness (QED) is 0.729. The van der Waals surface area contributed by atoms with E-state index in [4.69, 9.17) is 11.6 Å². The van der Waals surface area contributed by atoms with E-state index >= 15 is 0 Å². The Kier molecular flexibility index (Phi) is 7.30. The monoisotopic (exact) mass is 296 g/mol. The molecule has 1 rings (SSSR count). The van der Waals surface area contributed by atoms with Crippen LogP contribution in [-0.2, 0) is 5.75 Å². The molecule has 0 radical (unpaired) electrons. The fraction of sp³-hybridized carbons (Fsp3) is 0.533. The van der Waals surface area contributed by atoms with Gasteiger partial charge in [-0.05, 0) is 49.8 Å². The molecule has 0 heterocycles. The van der Waals surface area contributed by atoms with E-state index in [9.17, 15) is 5.26 Å². The molecule has 2 nitrogen and oxygen atoms in total. The summed E-state index contributed by atoms with van der Waals surface area (Å²) in [5, 5.41) is 13.3. The van der Waals surface area contributed by atoms with Crippen LogP contribution in [0.4, 0.5) is 0 Å². The molecule has 0 aliphatic heterocycles. The van der Waals surface area contributed by atoms with Gasteiger partial charge < -0.3 is 0 Å². The zero-order chi connectivity index (χ0) is 14.1. The number of nitrogens with one attached hydrogen (secondary N) is 1. The van der Waals surface area contributed by atoms with Crippen molar-refractivity contribution in [2.75, 3.05) is 12.3 Å². The van der Waals surface area contributed by atoms with Crippen molar-refractivity contribution in [1.82, 2.24) is 5.32 Å². The molecule has 0 bridgehead atoms. The van der Waals surface area contributed by atoms with Gasteiger partial charge in [-0.1, -0.05) is 30.7 Å². The SMILES string of the molecule is CCCNC(C)(C#N)CCSCc1ccc(Cl)cc1. The van der Waals surface area contributed by atoms with E-state index in [-0.39, 0.29) is 0 Å². The number of nitriles is 1. The Morgan fingerprint density at radius 2 is 2.05 bits per heavy atom. The summed E-state index contributed by atoms with van der Waals surface area (Å²) in [7, 11) is 0. The summed E-state index contributed by atoms with van der Waals surface area (Å²) >= 11 is 7.70. The summed E-state index contributed by atoms with van der Waals surface area (Å²) in [4.78, 5) is 0. The van der Waals surface area contributed by atoms with Crippen molar-refractivity contribution in [3.05, 3.63) is 34.9 Å². The number of rotatable bonds is 8. The van der Waals surface area contributed by atoms with Gasteiger partial charge >= 0.3 is 0 Å². The minimum Gasteiger partial charge on any atom is -0.300 e. The summed E-state index contributed by atoms with van der Waals surface area (Å²) in [6, 6.07) is 10.3. The molecular formula is C15H21ClN2S. The Morgan fingerprint density at radius 3 is 2.63 bits per heavy atom. The number of hydrogen-bond donors (Lipinski definition) is 1. The van der Waals surface area contributed by atoms with E-state index < -0.39 is 5.54 Å². The molecule has 0 aromatic heterocycles. The standard InChI is InChI=1S/C15H21ClN2S/c1-3-9-18-15(2,12-17)8-10-19-11-13-4-6-14(16)7-5-13/h4-7,18H,3,8-11H2,1-2H3. The fourth-order valence-corrected chi connectivity index (χ4v) is 2.88. The summed E-state index contributed by atoms with van der Waals surface area (Å²) in [6.07, 6.45) is 1.91. The summed E-state index contributed by atoms with van der Waals surface area (Å²) in [5.41, 5.74) is 0.873. The van der Waals surface area contributed by atoms with Crippen molar-refractivity contribution in [2.24, 2.45) is 0 Å². The lowest BCUT2D eigenvalue weighted by Gasteiger charge is -2.22. The van der Waals surface area contributed by atoms with Gasteiger partial charge in [0.1, 0.15) is 5.54 Å². The largest absolute Gasteiger partial charge is 0.300 e. The van der Waals surface area contributed by atoms with Crippen LogP contribution in [0.1, 0.15) is 32.3 Å². The normalized spacial score (nSPS) is 13.8. The molecule has 1 N–H and O–H groups in total. The van der Waals surface area contributed by atoms with Crippen molar-refractivity contribution in [2.45, 2.75) is 38.0 Å². The number of thioether (sulfide) groups is 1. The molecule has 1 atom stereocenters. The second-order valence-corrected chi connectivity index (χ2v) is 6.34. The molecule has 1 aromatic carbocycles. The van der Waals surface area contributed by atoms with E-state index in [2.05, 4.69) is 18.3 Å². The lowest BCUT2D eigenvalue weighted by molar-refractivity contribution is 0.437. The molecule has 1 unspecified atom stereocenters. The molecule has 0 saturated heterocycles. The van der Waals surface area contributed by atoms with E-state index in [1.807, 2.05) is 43.0 Å². The highest BCUT2D eigenvalue weighted by Crippen LogP contribution is 2.19. The van der Waals surface area contributed by atoms with E-state index in [0.717, 1.165) is 35.9 Å². The first-order valence-corrected chi connectivity index (χ1v) is 8.11. The van der Waals surface area contributed by atoms with Crippen molar-refractivity contribution in [3.63, 3.8) is 0 Å². The minimum atomic E-state index is -0.400. The molecule has 4 heteroatoms. The fourth-order valence-electron chi connectivity index (χ4n) is 1.63. The Labute approximate surface area is 125 Å². The highest BCUT2D eigenvalue weighted by atomic mass is 35.5. The highest BCUT2D eigenvalue weighted by molar-refractivity contribution is 7.98. The van der Waals surface area contributed by atoms with Crippen LogP contribution < -0.4 is 5.32 Å². The molecule has 1 aromatic rings. The Balaban J connectivity index is 2.29. The smallest absolute Gasteiger partial charge is 0.104 e. The number of benzene rings is 1. The number of nitrogens with zero attached hydrogens (tertiary/aromatic N) is 1. The predicted molar refractivity (Wildman–Crippen MR) is 84.5 cm³/mol. The molecule has 0 aliphatic carbocycles. The van der Waals surface area contributed by atoms with Crippen LogP contribution in [0.25, 0.3) is 0 Å².